The van der Waals surface area contributed by atoms with Gasteiger partial charge in [0.05, 0.1) is 13.2 Å². The second-order valence-electron chi connectivity index (χ2n) is 5.76. The highest BCUT2D eigenvalue weighted by molar-refractivity contribution is 5.77. The average Bonchev–Trinajstić information content (AvgIpc) is 2.42. The van der Waals surface area contributed by atoms with Crippen LogP contribution in [0.4, 0.5) is 10.5 Å². The van der Waals surface area contributed by atoms with Crippen LogP contribution in [0.5, 0.6) is 0 Å². The van der Waals surface area contributed by atoms with E-state index in [0.717, 1.165) is 7.11 Å². The minimum Gasteiger partial charge on any atom is -0.467 e. The molecular weight excluding hydrogens is 288 g/mol. The van der Waals surface area contributed by atoms with Crippen molar-refractivity contribution in [1.29, 1.82) is 0 Å². The number of amides is 1. The molecule has 1 amide bonds. The van der Waals surface area contributed by atoms with Gasteiger partial charge in [0.25, 0.3) is 0 Å². The van der Waals surface area contributed by atoms with Crippen LogP contribution >= 0.6 is 0 Å². The van der Waals surface area contributed by atoms with Gasteiger partial charge in [-0.05, 0) is 38.5 Å². The summed E-state index contributed by atoms with van der Waals surface area (Å²) >= 11 is 0. The van der Waals surface area contributed by atoms with Crippen molar-refractivity contribution in [2.75, 3.05) is 12.8 Å². The van der Waals surface area contributed by atoms with E-state index in [1.807, 2.05) is 0 Å². The summed E-state index contributed by atoms with van der Waals surface area (Å²) in [6.07, 6.45) is -2.32. The Hall–Kier alpha value is -2.28. The molecule has 0 fully saturated rings. The Morgan fingerprint density at radius 1 is 1.23 bits per heavy atom. The SMILES string of the molecule is COC(=O)[C@H](O)[C@H](NC(=O)OC(C)(C)C)c1ccc(N)cc1. The molecule has 0 spiro atoms. The van der Waals surface area contributed by atoms with E-state index < -0.39 is 29.8 Å². The second kappa shape index (κ2) is 7.13. The van der Waals surface area contributed by atoms with E-state index in [1.54, 1.807) is 45.0 Å². The third-order valence-corrected chi connectivity index (χ3v) is 2.73. The fourth-order valence-corrected chi connectivity index (χ4v) is 1.74. The Labute approximate surface area is 129 Å². The van der Waals surface area contributed by atoms with Crippen LogP contribution < -0.4 is 11.1 Å². The minimum atomic E-state index is -1.57. The van der Waals surface area contributed by atoms with Gasteiger partial charge in [0, 0.05) is 5.69 Å². The lowest BCUT2D eigenvalue weighted by atomic mass is 10.0. The zero-order valence-electron chi connectivity index (χ0n) is 13.1. The number of aliphatic hydroxyl groups excluding tert-OH is 1. The van der Waals surface area contributed by atoms with Crippen molar-refractivity contribution in [3.8, 4) is 0 Å². The standard InChI is InChI=1S/C15H22N2O5/c1-15(2,3)22-14(20)17-11(12(18)13(19)21-4)9-5-7-10(16)8-6-9/h5-8,11-12,18H,16H2,1-4H3,(H,17,20)/t11-,12-/m1/s1. The fourth-order valence-electron chi connectivity index (χ4n) is 1.74. The predicted octanol–water partition coefficient (Wildman–Crippen LogP) is 1.37. The summed E-state index contributed by atoms with van der Waals surface area (Å²) in [5.74, 6) is -0.863. The predicted molar refractivity (Wildman–Crippen MR) is 81.0 cm³/mol. The van der Waals surface area contributed by atoms with Crippen molar-refractivity contribution >= 4 is 17.7 Å². The first-order valence-electron chi connectivity index (χ1n) is 6.75. The molecule has 0 aliphatic rings. The molecule has 22 heavy (non-hydrogen) atoms. The van der Waals surface area contributed by atoms with Gasteiger partial charge in [-0.3, -0.25) is 0 Å². The van der Waals surface area contributed by atoms with Crippen LogP contribution in [0.2, 0.25) is 0 Å². The Kier molecular flexibility index (Phi) is 5.76. The first kappa shape index (κ1) is 17.8. The Morgan fingerprint density at radius 2 is 1.77 bits per heavy atom. The molecule has 0 aliphatic heterocycles. The lowest BCUT2D eigenvalue weighted by Crippen LogP contribution is -2.43. The van der Waals surface area contributed by atoms with Gasteiger partial charge in [-0.15, -0.1) is 0 Å². The number of benzene rings is 1. The van der Waals surface area contributed by atoms with E-state index >= 15 is 0 Å². The summed E-state index contributed by atoms with van der Waals surface area (Å²) in [6, 6.07) is 5.39. The highest BCUT2D eigenvalue weighted by atomic mass is 16.6. The van der Waals surface area contributed by atoms with Gasteiger partial charge in [-0.25, -0.2) is 9.59 Å². The smallest absolute Gasteiger partial charge is 0.408 e. The van der Waals surface area contributed by atoms with Crippen LogP contribution in [0.15, 0.2) is 24.3 Å². The topological polar surface area (TPSA) is 111 Å². The van der Waals surface area contributed by atoms with Crippen molar-refractivity contribution < 1.29 is 24.2 Å². The Balaban J connectivity index is 2.99. The number of alkyl carbamates (subject to hydrolysis) is 1. The first-order valence-corrected chi connectivity index (χ1v) is 6.75. The number of hydrogen-bond donors (Lipinski definition) is 3. The Bertz CT molecular complexity index is 522. The molecule has 0 aromatic heterocycles. The van der Waals surface area contributed by atoms with Gasteiger partial charge >= 0.3 is 12.1 Å². The fraction of sp³-hybridized carbons (Fsp3) is 0.467. The normalized spacial score (nSPS) is 13.9. The summed E-state index contributed by atoms with van der Waals surface area (Å²) in [7, 11) is 1.15. The number of methoxy groups -OCH3 is 1. The highest BCUT2D eigenvalue weighted by Crippen LogP contribution is 2.20. The number of aliphatic hydroxyl groups is 1. The molecule has 122 valence electrons. The zero-order chi connectivity index (χ0) is 16.9. The third kappa shape index (κ3) is 5.25. The first-order chi connectivity index (χ1) is 10.1. The number of anilines is 1. The van der Waals surface area contributed by atoms with Crippen LogP contribution in [0.3, 0.4) is 0 Å². The number of esters is 1. The molecule has 7 nitrogen and oxygen atoms in total. The van der Waals surface area contributed by atoms with Crippen LogP contribution in [0.1, 0.15) is 32.4 Å². The summed E-state index contributed by atoms with van der Waals surface area (Å²) in [5, 5.41) is 12.5. The van der Waals surface area contributed by atoms with E-state index in [2.05, 4.69) is 10.1 Å². The van der Waals surface area contributed by atoms with Gasteiger partial charge in [-0.1, -0.05) is 12.1 Å². The summed E-state index contributed by atoms with van der Waals surface area (Å²) < 4.78 is 9.65. The van der Waals surface area contributed by atoms with Crippen molar-refractivity contribution in [2.45, 2.75) is 38.5 Å². The number of nitrogen functional groups attached to an aromatic ring is 1. The molecule has 0 unspecified atom stereocenters. The molecule has 0 aliphatic carbocycles. The highest BCUT2D eigenvalue weighted by Gasteiger charge is 2.31. The van der Waals surface area contributed by atoms with Crippen molar-refractivity contribution in [3.05, 3.63) is 29.8 Å². The molecule has 0 heterocycles. The van der Waals surface area contributed by atoms with Gasteiger partial charge in [0.2, 0.25) is 0 Å². The van der Waals surface area contributed by atoms with E-state index in [1.165, 1.54) is 0 Å². The van der Waals surface area contributed by atoms with E-state index in [4.69, 9.17) is 10.5 Å². The maximum atomic E-state index is 11.9. The molecule has 7 heteroatoms. The number of nitrogens with two attached hydrogens (primary N) is 1. The quantitative estimate of drug-likeness (QED) is 0.572. The summed E-state index contributed by atoms with van der Waals surface area (Å²) in [5.41, 5.74) is 5.92. The summed E-state index contributed by atoms with van der Waals surface area (Å²) in [4.78, 5) is 23.5. The number of nitrogens with one attached hydrogen (secondary N) is 1. The number of rotatable bonds is 4. The van der Waals surface area contributed by atoms with E-state index in [9.17, 15) is 14.7 Å². The number of carbonyl (C=O) groups is 2. The molecule has 1 aromatic rings. The minimum absolute atomic E-state index is 0.498. The van der Waals surface area contributed by atoms with Crippen LogP contribution in [0.25, 0.3) is 0 Å². The molecule has 4 N–H and O–H groups in total. The lowest BCUT2D eigenvalue weighted by molar-refractivity contribution is -0.152. The molecule has 1 aromatic carbocycles. The van der Waals surface area contributed by atoms with E-state index in [-0.39, 0.29) is 0 Å². The molecule has 0 bridgehead atoms. The van der Waals surface area contributed by atoms with Crippen molar-refractivity contribution in [2.24, 2.45) is 0 Å². The second-order valence-corrected chi connectivity index (χ2v) is 5.76. The molecule has 0 radical (unpaired) electrons. The third-order valence-electron chi connectivity index (χ3n) is 2.73. The number of carbonyl (C=O) groups excluding carboxylic acids is 2. The average molecular weight is 310 g/mol. The largest absolute Gasteiger partial charge is 0.467 e. The molecular formula is C15H22N2O5. The van der Waals surface area contributed by atoms with Crippen LogP contribution in [0, 0.1) is 0 Å². The molecule has 1 rings (SSSR count). The van der Waals surface area contributed by atoms with Crippen LogP contribution in [-0.2, 0) is 14.3 Å². The monoisotopic (exact) mass is 310 g/mol. The maximum Gasteiger partial charge on any atom is 0.408 e. The van der Waals surface area contributed by atoms with E-state index in [0.29, 0.717) is 11.3 Å². The maximum absolute atomic E-state index is 11.9. The van der Waals surface area contributed by atoms with Crippen molar-refractivity contribution in [1.82, 2.24) is 5.32 Å². The van der Waals surface area contributed by atoms with Gasteiger partial charge in [0.1, 0.15) is 5.60 Å². The lowest BCUT2D eigenvalue weighted by Gasteiger charge is -2.26. The molecule has 0 saturated heterocycles. The van der Waals surface area contributed by atoms with Gasteiger partial charge in [0.15, 0.2) is 6.10 Å². The number of ether oxygens (including phenoxy) is 2. The van der Waals surface area contributed by atoms with Crippen LogP contribution in [-0.4, -0.2) is 36.0 Å². The Morgan fingerprint density at radius 3 is 2.23 bits per heavy atom. The zero-order valence-corrected chi connectivity index (χ0v) is 13.1. The van der Waals surface area contributed by atoms with Gasteiger partial charge < -0.3 is 25.6 Å². The number of hydrogen-bond acceptors (Lipinski definition) is 6. The summed E-state index contributed by atoms with van der Waals surface area (Å²) in [6.45, 7) is 5.13. The van der Waals surface area contributed by atoms with Crippen molar-refractivity contribution in [3.63, 3.8) is 0 Å². The molecule has 2 atom stereocenters. The molecule has 0 saturated carbocycles. The van der Waals surface area contributed by atoms with Gasteiger partial charge in [-0.2, -0.15) is 0 Å².